The number of fused-ring (bicyclic) bond motifs is 1. The third-order valence-corrected chi connectivity index (χ3v) is 9.03. The Balaban J connectivity index is 0.00000417. The van der Waals surface area contributed by atoms with Gasteiger partial charge in [-0.25, -0.2) is 4.98 Å². The van der Waals surface area contributed by atoms with E-state index in [9.17, 15) is 34.4 Å². The average molecular weight is 658 g/mol. The smallest absolute Gasteiger partial charge is 0.543 e. The minimum Gasteiger partial charge on any atom is -0.543 e. The van der Waals surface area contributed by atoms with Crippen molar-refractivity contribution >= 4 is 57.2 Å². The fourth-order valence-electron chi connectivity index (χ4n) is 6.13. The fourth-order valence-corrected chi connectivity index (χ4v) is 6.68. The zero-order chi connectivity index (χ0) is 31.8. The fraction of sp³-hybridized carbons (Fsp3) is 0.379. The number of nitrogens with zero attached hydrogens (tertiary/aromatic N) is 5. The molecule has 0 spiro atoms. The van der Waals surface area contributed by atoms with Gasteiger partial charge in [0.05, 0.1) is 28.3 Å². The molecule has 234 valence electrons. The monoisotopic (exact) mass is 657 g/mol. The van der Waals surface area contributed by atoms with E-state index >= 15 is 0 Å². The number of carbonyl (C=O) groups excluding carboxylic acids is 4. The number of nitrogens with two attached hydrogens (primary N) is 1. The maximum Gasteiger partial charge on any atom is 1.00 e. The Morgan fingerprint density at radius 2 is 1.96 bits per heavy atom. The number of thiazole rings is 1. The van der Waals surface area contributed by atoms with Gasteiger partial charge in [-0.2, -0.15) is 0 Å². The van der Waals surface area contributed by atoms with Crippen molar-refractivity contribution in [2.24, 2.45) is 5.16 Å². The number of oxime groups is 1. The summed E-state index contributed by atoms with van der Waals surface area (Å²) in [5.41, 5.74) is 6.21. The van der Waals surface area contributed by atoms with Crippen molar-refractivity contribution in [1.82, 2.24) is 15.2 Å². The molecule has 17 heteroatoms. The number of aliphatic carboxylic acids is 1. The van der Waals surface area contributed by atoms with E-state index in [-0.39, 0.29) is 88.5 Å². The van der Waals surface area contributed by atoms with E-state index in [4.69, 9.17) is 10.6 Å². The van der Waals surface area contributed by atoms with Gasteiger partial charge in [0.2, 0.25) is 0 Å². The van der Waals surface area contributed by atoms with Crippen molar-refractivity contribution in [3.05, 3.63) is 68.4 Å². The summed E-state index contributed by atoms with van der Waals surface area (Å²) < 4.78 is 0. The van der Waals surface area contributed by atoms with Gasteiger partial charge in [0, 0.05) is 29.6 Å². The van der Waals surface area contributed by atoms with Crippen LogP contribution in [0, 0.1) is 10.1 Å². The van der Waals surface area contributed by atoms with Crippen LogP contribution in [0.4, 0.5) is 16.5 Å². The molecule has 3 N–H and O–H groups in total. The van der Waals surface area contributed by atoms with E-state index in [0.717, 1.165) is 41.9 Å². The van der Waals surface area contributed by atoms with Crippen LogP contribution in [0.5, 0.6) is 0 Å². The van der Waals surface area contributed by atoms with Crippen LogP contribution in [0.15, 0.2) is 57.7 Å². The summed E-state index contributed by atoms with van der Waals surface area (Å²) >= 11 is 1.12. The second kappa shape index (κ2) is 13.7. The molecule has 3 aliphatic heterocycles. The van der Waals surface area contributed by atoms with Crippen molar-refractivity contribution in [3.8, 4) is 0 Å². The number of carboxylic acid groups (broad SMARTS) is 1. The van der Waals surface area contributed by atoms with E-state index in [1.807, 2.05) is 0 Å². The Hall–Kier alpha value is -4.12. The first-order valence-corrected chi connectivity index (χ1v) is 15.3. The van der Waals surface area contributed by atoms with Crippen LogP contribution in [-0.2, 0) is 24.0 Å². The topological polar surface area (TPSA) is 213 Å². The molecule has 2 saturated heterocycles. The number of allylic oxidation sites excluding steroid dienone is 2. The zero-order valence-corrected chi connectivity index (χ0v) is 27.7. The molecule has 1 aromatic heterocycles. The first kappa shape index (κ1) is 33.2. The van der Waals surface area contributed by atoms with Gasteiger partial charge in [-0.15, -0.1) is 11.3 Å². The third-order valence-electron chi connectivity index (χ3n) is 8.35. The minimum absolute atomic E-state index is 0. The summed E-state index contributed by atoms with van der Waals surface area (Å²) in [7, 11) is 0. The maximum absolute atomic E-state index is 13.3. The predicted molar refractivity (Wildman–Crippen MR) is 158 cm³/mol. The zero-order valence-electron chi connectivity index (χ0n) is 24.8. The number of hydrogen-bond donors (Lipinski definition) is 2. The predicted octanol–water partition coefficient (Wildman–Crippen LogP) is -1.84. The molecule has 6 rings (SSSR count). The van der Waals surface area contributed by atoms with Crippen LogP contribution in [0.1, 0.15) is 50.6 Å². The van der Waals surface area contributed by atoms with E-state index in [2.05, 4.69) is 15.5 Å². The molecular formula is C29H28N7NaO8S. The Bertz CT molecular complexity index is 1700. The number of nitrogens with one attached hydrogen (secondary N) is 1. The number of anilines is 2. The van der Waals surface area contributed by atoms with Crippen molar-refractivity contribution in [2.45, 2.75) is 63.1 Å². The number of nitro benzene ring substituents is 1. The summed E-state index contributed by atoms with van der Waals surface area (Å²) in [6, 6.07) is 4.00. The van der Waals surface area contributed by atoms with E-state index < -0.39 is 40.7 Å². The molecule has 1 aromatic carbocycles. The van der Waals surface area contributed by atoms with Gasteiger partial charge in [0.15, 0.2) is 10.8 Å². The second-order valence-electron chi connectivity index (χ2n) is 11.1. The van der Waals surface area contributed by atoms with Crippen LogP contribution >= 0.6 is 11.3 Å². The van der Waals surface area contributed by atoms with Gasteiger partial charge in [-0.3, -0.25) is 24.5 Å². The van der Waals surface area contributed by atoms with E-state index in [1.165, 1.54) is 29.2 Å². The summed E-state index contributed by atoms with van der Waals surface area (Å²) in [6.07, 6.45) is 5.72. The van der Waals surface area contributed by atoms with Crippen molar-refractivity contribution in [1.29, 1.82) is 0 Å². The number of non-ortho nitro benzene ring substituents is 1. The summed E-state index contributed by atoms with van der Waals surface area (Å²) in [5, 5.41) is 32.0. The first-order chi connectivity index (χ1) is 21.6. The minimum atomic E-state index is -1.59. The largest absolute Gasteiger partial charge is 1.00 e. The number of nitro groups is 1. The number of hydrogen-bond acceptors (Lipinski definition) is 12. The number of aromatic nitrogens is 1. The number of rotatable bonds is 9. The molecule has 4 aliphatic rings. The van der Waals surface area contributed by atoms with Gasteiger partial charge in [-0.05, 0) is 62.7 Å². The van der Waals surface area contributed by atoms with Crippen molar-refractivity contribution in [3.63, 3.8) is 0 Å². The van der Waals surface area contributed by atoms with Gasteiger partial charge >= 0.3 is 29.6 Å². The molecular weight excluding hydrogens is 629 g/mol. The average Bonchev–Trinajstić information content (AvgIpc) is 3.78. The maximum atomic E-state index is 13.3. The molecule has 3 amide bonds. The molecule has 3 fully saturated rings. The summed E-state index contributed by atoms with van der Waals surface area (Å²) in [5.74, 6) is -3.36. The number of carboxylic acids is 1. The summed E-state index contributed by atoms with van der Waals surface area (Å²) in [6.45, 7) is 0.248. The molecule has 2 aromatic rings. The number of β-lactam (4-membered cyclic amide) rings is 1. The molecule has 0 bridgehead atoms. The number of benzene rings is 1. The molecule has 0 radical (unpaired) electrons. The molecule has 1 aliphatic carbocycles. The molecule has 46 heavy (non-hydrogen) atoms. The Morgan fingerprint density at radius 1 is 1.20 bits per heavy atom. The van der Waals surface area contributed by atoms with Crippen molar-refractivity contribution in [2.75, 3.05) is 17.2 Å². The SMILES string of the molecule is Nc1nc(/C(=N/OC2CCCC2)C(=O)N[C@@H]2C(=O)N3C(C(=O)[O-])=C(/C=C4\CCN(c5cccc([N+](=O)[O-])c5)C4=O)CC[C@H]23)cs1.[Na+]. The summed E-state index contributed by atoms with van der Waals surface area (Å²) in [4.78, 5) is 74.9. The van der Waals surface area contributed by atoms with Crippen LogP contribution < -0.4 is 50.6 Å². The van der Waals surface area contributed by atoms with Gasteiger partial charge in [-0.1, -0.05) is 11.2 Å². The van der Waals surface area contributed by atoms with Crippen LogP contribution in [0.25, 0.3) is 0 Å². The quantitative estimate of drug-likeness (QED) is 0.0768. The third kappa shape index (κ3) is 6.42. The molecule has 2 atom stereocenters. The van der Waals surface area contributed by atoms with Crippen LogP contribution in [0.2, 0.25) is 0 Å². The normalized spacial score (nSPS) is 22.4. The number of amides is 3. The van der Waals surface area contributed by atoms with Gasteiger partial charge in [0.1, 0.15) is 17.8 Å². The Labute approximate surface area is 288 Å². The molecule has 4 heterocycles. The number of carbonyl (C=O) groups is 4. The van der Waals surface area contributed by atoms with Crippen LogP contribution in [-0.4, -0.2) is 68.9 Å². The van der Waals surface area contributed by atoms with E-state index in [1.54, 1.807) is 11.4 Å². The standard InChI is InChI=1S/C29H29N7O8S.Na/c30-29-31-20(14-45-29)22(33-44-19-6-1-2-7-19)25(37)32-23-21-9-8-15(24(28(40)41)35(21)27(23)39)12-16-10-11-34(26(16)38)17-4-3-5-18(13-17)36(42)43;/h3-5,12-14,19,21,23H,1-2,6-11H2,(H2,30,31)(H,32,37)(H,40,41);/q;+1/p-1/b16-12+,33-22-;/t21-,23+;/m1./s1. The molecule has 0 unspecified atom stereocenters. The molecule has 15 nitrogen and oxygen atoms in total. The number of nitrogen functional groups attached to an aromatic ring is 1. The molecule has 1 saturated carbocycles. The van der Waals surface area contributed by atoms with Crippen LogP contribution in [0.3, 0.4) is 0 Å². The van der Waals surface area contributed by atoms with E-state index in [0.29, 0.717) is 17.7 Å². The first-order valence-electron chi connectivity index (χ1n) is 14.4. The van der Waals surface area contributed by atoms with Gasteiger partial charge < -0.3 is 35.6 Å². The second-order valence-corrected chi connectivity index (χ2v) is 12.0. The van der Waals surface area contributed by atoms with Crippen molar-refractivity contribution < 1.29 is 63.6 Å². The van der Waals surface area contributed by atoms with Gasteiger partial charge in [0.25, 0.3) is 23.4 Å². The Kier molecular flexibility index (Phi) is 9.91. The Morgan fingerprint density at radius 3 is 2.63 bits per heavy atom.